The van der Waals surface area contributed by atoms with Crippen LogP contribution >= 0.6 is 11.6 Å². The summed E-state index contributed by atoms with van der Waals surface area (Å²) in [4.78, 5) is 16.2. The number of nitrogens with one attached hydrogen (secondary N) is 1. The van der Waals surface area contributed by atoms with Crippen molar-refractivity contribution in [2.24, 2.45) is 0 Å². The molecule has 1 aromatic heterocycles. The molecule has 0 unspecified atom stereocenters. The highest BCUT2D eigenvalue weighted by Crippen LogP contribution is 2.24. The van der Waals surface area contributed by atoms with Crippen LogP contribution in [0.1, 0.15) is 19.3 Å². The second kappa shape index (κ2) is 10.2. The third-order valence-electron chi connectivity index (χ3n) is 3.14. The van der Waals surface area contributed by atoms with Gasteiger partial charge in [0.05, 0.1) is 30.7 Å². The Morgan fingerprint density at radius 3 is 2.72 bits per heavy atom. The number of nitrogens with zero attached hydrogens (tertiary/aromatic N) is 2. The first kappa shape index (κ1) is 18.6. The van der Waals surface area contributed by atoms with E-state index in [1.807, 2.05) is 6.07 Å². The van der Waals surface area contributed by atoms with Crippen molar-refractivity contribution in [3.63, 3.8) is 0 Å². The lowest BCUT2D eigenvalue weighted by Gasteiger charge is -2.11. The van der Waals surface area contributed by atoms with E-state index in [0.29, 0.717) is 41.8 Å². The van der Waals surface area contributed by atoms with Crippen molar-refractivity contribution >= 4 is 23.3 Å². The van der Waals surface area contributed by atoms with E-state index in [1.165, 1.54) is 0 Å². The van der Waals surface area contributed by atoms with Crippen LogP contribution in [0.15, 0.2) is 42.6 Å². The van der Waals surface area contributed by atoms with Crippen LogP contribution in [0.4, 0.5) is 5.82 Å². The van der Waals surface area contributed by atoms with Gasteiger partial charge in [-0.3, -0.25) is 4.79 Å². The van der Waals surface area contributed by atoms with Crippen molar-refractivity contribution in [2.45, 2.75) is 19.3 Å². The molecule has 0 aliphatic heterocycles. The van der Waals surface area contributed by atoms with E-state index in [1.54, 1.807) is 36.5 Å². The molecule has 2 aromatic rings. The third kappa shape index (κ3) is 6.32. The Morgan fingerprint density at radius 1 is 1.16 bits per heavy atom. The maximum Gasteiger partial charge on any atom is 0.229 e. The van der Waals surface area contributed by atoms with Crippen LogP contribution in [0, 0.1) is 11.3 Å². The molecule has 0 spiro atoms. The molecule has 7 heteroatoms. The van der Waals surface area contributed by atoms with E-state index in [0.717, 1.165) is 0 Å². The summed E-state index contributed by atoms with van der Waals surface area (Å²) in [5, 5.41) is 11.7. The first-order chi connectivity index (χ1) is 12.2. The number of anilines is 1. The van der Waals surface area contributed by atoms with Crippen molar-refractivity contribution in [2.75, 3.05) is 18.5 Å². The Kier molecular flexibility index (Phi) is 7.54. The smallest absolute Gasteiger partial charge is 0.229 e. The van der Waals surface area contributed by atoms with Gasteiger partial charge in [-0.15, -0.1) is 0 Å². The van der Waals surface area contributed by atoms with E-state index < -0.39 is 0 Å². The van der Waals surface area contributed by atoms with Gasteiger partial charge >= 0.3 is 0 Å². The number of pyridine rings is 1. The fourth-order valence-corrected chi connectivity index (χ4v) is 2.13. The normalized spacial score (nSPS) is 9.92. The van der Waals surface area contributed by atoms with Crippen molar-refractivity contribution in [1.82, 2.24) is 4.98 Å². The lowest BCUT2D eigenvalue weighted by atomic mass is 10.3. The Balaban J connectivity index is 1.82. The Bertz CT molecular complexity index is 746. The molecular weight excluding hydrogens is 342 g/mol. The lowest BCUT2D eigenvalue weighted by Crippen LogP contribution is -2.17. The van der Waals surface area contributed by atoms with Gasteiger partial charge in [-0.2, -0.15) is 5.26 Å². The van der Waals surface area contributed by atoms with Crippen molar-refractivity contribution in [1.29, 1.82) is 5.26 Å². The molecule has 2 rings (SSSR count). The highest BCUT2D eigenvalue weighted by molar-refractivity contribution is 6.32. The molecule has 0 aliphatic rings. The van der Waals surface area contributed by atoms with Crippen LogP contribution < -0.4 is 14.8 Å². The molecule has 6 nitrogen and oxygen atoms in total. The Morgan fingerprint density at radius 2 is 1.92 bits per heavy atom. The molecule has 1 aromatic carbocycles. The molecular formula is C18H18ClN3O3. The maximum atomic E-state index is 12.1. The molecule has 0 saturated carbocycles. The summed E-state index contributed by atoms with van der Waals surface area (Å²) < 4.78 is 11.0. The van der Waals surface area contributed by atoms with Crippen molar-refractivity contribution < 1.29 is 14.3 Å². The zero-order chi connectivity index (χ0) is 17.9. The SMILES string of the molecule is N#CCCCOc1cccnc1NC(=O)CCOc1ccccc1Cl. The summed E-state index contributed by atoms with van der Waals surface area (Å²) in [7, 11) is 0. The molecule has 0 saturated heterocycles. The van der Waals surface area contributed by atoms with E-state index in [9.17, 15) is 4.79 Å². The van der Waals surface area contributed by atoms with Crippen LogP contribution in [0.5, 0.6) is 11.5 Å². The highest BCUT2D eigenvalue weighted by atomic mass is 35.5. The fourth-order valence-electron chi connectivity index (χ4n) is 1.94. The number of hydrogen-bond donors (Lipinski definition) is 1. The topological polar surface area (TPSA) is 84.2 Å². The quantitative estimate of drug-likeness (QED) is 0.688. The molecule has 0 atom stereocenters. The van der Waals surface area contributed by atoms with E-state index in [2.05, 4.69) is 16.4 Å². The van der Waals surface area contributed by atoms with Gasteiger partial charge in [0.1, 0.15) is 5.75 Å². The molecule has 1 N–H and O–H groups in total. The number of amides is 1. The van der Waals surface area contributed by atoms with Crippen LogP contribution in [-0.2, 0) is 4.79 Å². The monoisotopic (exact) mass is 359 g/mol. The molecule has 1 amide bonds. The summed E-state index contributed by atoms with van der Waals surface area (Å²) in [5.41, 5.74) is 0. The summed E-state index contributed by atoms with van der Waals surface area (Å²) in [5.74, 6) is 1.12. The third-order valence-corrected chi connectivity index (χ3v) is 3.45. The second-order valence-corrected chi connectivity index (χ2v) is 5.44. The number of carbonyl (C=O) groups excluding carboxylic acids is 1. The largest absolute Gasteiger partial charge is 0.491 e. The Labute approximate surface area is 151 Å². The van der Waals surface area contributed by atoms with Crippen molar-refractivity contribution in [3.05, 3.63) is 47.6 Å². The van der Waals surface area contributed by atoms with Gasteiger partial charge in [0.25, 0.3) is 0 Å². The molecule has 0 radical (unpaired) electrons. The minimum atomic E-state index is -0.243. The standard InChI is InChI=1S/C18H18ClN3O3/c19-14-6-1-2-7-15(14)25-13-9-17(23)22-18-16(8-5-11-21-18)24-12-4-3-10-20/h1-2,5-8,11H,3-4,9,12-13H2,(H,21,22,23). The summed E-state index contributed by atoms with van der Waals surface area (Å²) >= 11 is 5.99. The predicted molar refractivity (Wildman–Crippen MR) is 94.8 cm³/mol. The number of ether oxygens (including phenoxy) is 2. The number of halogens is 1. The van der Waals surface area contributed by atoms with E-state index >= 15 is 0 Å². The van der Waals surface area contributed by atoms with Crippen LogP contribution in [0.25, 0.3) is 0 Å². The van der Waals surface area contributed by atoms with Gasteiger partial charge in [0.15, 0.2) is 11.6 Å². The number of nitriles is 1. The van der Waals surface area contributed by atoms with Crippen molar-refractivity contribution in [3.8, 4) is 17.6 Å². The van der Waals surface area contributed by atoms with Gasteiger partial charge < -0.3 is 14.8 Å². The Hall–Kier alpha value is -2.78. The number of benzene rings is 1. The number of rotatable bonds is 9. The number of para-hydroxylation sites is 1. The number of unbranched alkanes of at least 4 members (excludes halogenated alkanes) is 1. The molecule has 1 heterocycles. The van der Waals surface area contributed by atoms with Gasteiger partial charge in [0.2, 0.25) is 5.91 Å². The maximum absolute atomic E-state index is 12.1. The number of aromatic nitrogens is 1. The predicted octanol–water partition coefficient (Wildman–Crippen LogP) is 3.83. The lowest BCUT2D eigenvalue weighted by molar-refractivity contribution is -0.116. The average Bonchev–Trinajstić information content (AvgIpc) is 2.62. The molecule has 0 fully saturated rings. The zero-order valence-electron chi connectivity index (χ0n) is 13.6. The fraction of sp³-hybridized carbons (Fsp3) is 0.278. The highest BCUT2D eigenvalue weighted by Gasteiger charge is 2.10. The van der Waals surface area contributed by atoms with Gasteiger partial charge in [-0.05, 0) is 30.7 Å². The minimum Gasteiger partial charge on any atom is -0.491 e. The van der Waals surface area contributed by atoms with E-state index in [4.69, 9.17) is 26.3 Å². The van der Waals surface area contributed by atoms with Crippen LogP contribution in [-0.4, -0.2) is 24.1 Å². The average molecular weight is 360 g/mol. The molecule has 130 valence electrons. The van der Waals surface area contributed by atoms with Crippen LogP contribution in [0.3, 0.4) is 0 Å². The number of carbonyl (C=O) groups is 1. The summed E-state index contributed by atoms with van der Waals surface area (Å²) in [6, 6.07) is 12.6. The molecule has 0 bridgehead atoms. The van der Waals surface area contributed by atoms with Gasteiger partial charge in [0, 0.05) is 12.6 Å². The zero-order valence-corrected chi connectivity index (χ0v) is 14.3. The molecule has 0 aliphatic carbocycles. The molecule has 25 heavy (non-hydrogen) atoms. The first-order valence-corrected chi connectivity index (χ1v) is 8.20. The van der Waals surface area contributed by atoms with Gasteiger partial charge in [-0.1, -0.05) is 23.7 Å². The summed E-state index contributed by atoms with van der Waals surface area (Å²) in [6.07, 6.45) is 2.75. The summed E-state index contributed by atoms with van der Waals surface area (Å²) in [6.45, 7) is 0.582. The van der Waals surface area contributed by atoms with E-state index in [-0.39, 0.29) is 18.9 Å². The van der Waals surface area contributed by atoms with Crippen LogP contribution in [0.2, 0.25) is 5.02 Å². The first-order valence-electron chi connectivity index (χ1n) is 7.82. The minimum absolute atomic E-state index is 0.148. The number of hydrogen-bond acceptors (Lipinski definition) is 5. The van der Waals surface area contributed by atoms with Gasteiger partial charge in [-0.25, -0.2) is 4.98 Å². The second-order valence-electron chi connectivity index (χ2n) is 5.04.